The molecule has 0 aromatic carbocycles. The van der Waals surface area contributed by atoms with Crippen molar-refractivity contribution in [2.24, 2.45) is 0 Å². The van der Waals surface area contributed by atoms with Crippen LogP contribution in [0.25, 0.3) is 0 Å². The predicted octanol–water partition coefficient (Wildman–Crippen LogP) is 3.66. The Morgan fingerprint density at radius 2 is 2.24 bits per heavy atom. The molecule has 4 heterocycles. The lowest BCUT2D eigenvalue weighted by molar-refractivity contribution is -0.139. The van der Waals surface area contributed by atoms with Crippen LogP contribution in [0.15, 0.2) is 45.3 Å². The van der Waals surface area contributed by atoms with Gasteiger partial charge in [-0.1, -0.05) is 6.07 Å². The Morgan fingerprint density at radius 1 is 1.38 bits per heavy atom. The van der Waals surface area contributed by atoms with E-state index < -0.39 is 12.0 Å². The van der Waals surface area contributed by atoms with E-state index >= 15 is 0 Å². The SMILES string of the molecule is CCOC(=O)C1=C(CN2CCC[C@H]2c2cccs2)NC(=O)N[C@H]1c1ccc(C)o1. The van der Waals surface area contributed by atoms with Crippen LogP contribution in [0.4, 0.5) is 4.79 Å². The summed E-state index contributed by atoms with van der Waals surface area (Å²) in [6, 6.07) is 7.08. The molecule has 1 saturated heterocycles. The van der Waals surface area contributed by atoms with Gasteiger partial charge in [0, 0.05) is 23.2 Å². The number of thiophene rings is 1. The van der Waals surface area contributed by atoms with E-state index in [9.17, 15) is 9.59 Å². The highest BCUT2D eigenvalue weighted by Gasteiger charge is 2.37. The number of likely N-dealkylation sites (tertiary alicyclic amines) is 1. The number of hydrogen-bond donors (Lipinski definition) is 2. The van der Waals surface area contributed by atoms with Crippen LogP contribution in [0.5, 0.6) is 0 Å². The molecule has 0 aliphatic carbocycles. The molecule has 7 nitrogen and oxygen atoms in total. The molecular weight excluding hydrogens is 390 g/mol. The number of esters is 1. The fraction of sp³-hybridized carbons (Fsp3) is 0.429. The van der Waals surface area contributed by atoms with Gasteiger partial charge in [0.05, 0.1) is 12.2 Å². The normalized spacial score (nSPS) is 22.5. The maximum Gasteiger partial charge on any atom is 0.338 e. The summed E-state index contributed by atoms with van der Waals surface area (Å²) in [5, 5.41) is 7.74. The molecule has 2 aliphatic rings. The molecule has 2 aromatic rings. The third-order valence-corrected chi connectivity index (χ3v) is 6.26. The summed E-state index contributed by atoms with van der Waals surface area (Å²) < 4.78 is 11.1. The Balaban J connectivity index is 1.69. The first-order valence-corrected chi connectivity index (χ1v) is 10.8. The van der Waals surface area contributed by atoms with Gasteiger partial charge in [-0.05, 0) is 56.8 Å². The lowest BCUT2D eigenvalue weighted by Gasteiger charge is -2.31. The van der Waals surface area contributed by atoms with E-state index in [2.05, 4.69) is 33.0 Å². The van der Waals surface area contributed by atoms with E-state index in [1.165, 1.54) is 4.88 Å². The second-order valence-electron chi connectivity index (χ2n) is 7.24. The first-order chi connectivity index (χ1) is 14.1. The third-order valence-electron chi connectivity index (χ3n) is 5.29. The van der Waals surface area contributed by atoms with Crippen molar-refractivity contribution in [1.29, 1.82) is 0 Å². The van der Waals surface area contributed by atoms with Crippen molar-refractivity contribution in [1.82, 2.24) is 15.5 Å². The molecule has 1 fully saturated rings. The Kier molecular flexibility index (Phi) is 5.73. The lowest BCUT2D eigenvalue weighted by Crippen LogP contribution is -2.48. The summed E-state index contributed by atoms with van der Waals surface area (Å²) in [6.45, 7) is 5.24. The monoisotopic (exact) mass is 415 g/mol. The number of carbonyl (C=O) groups is 2. The molecule has 154 valence electrons. The predicted molar refractivity (Wildman–Crippen MR) is 109 cm³/mol. The Bertz CT molecular complexity index is 918. The summed E-state index contributed by atoms with van der Waals surface area (Å²) in [5.74, 6) is 0.796. The second kappa shape index (κ2) is 8.42. The fourth-order valence-electron chi connectivity index (χ4n) is 4.04. The summed E-state index contributed by atoms with van der Waals surface area (Å²) in [4.78, 5) is 28.9. The van der Waals surface area contributed by atoms with Crippen LogP contribution in [-0.4, -0.2) is 36.6 Å². The molecule has 0 bridgehead atoms. The quantitative estimate of drug-likeness (QED) is 0.704. The third kappa shape index (κ3) is 4.09. The largest absolute Gasteiger partial charge is 0.464 e. The molecular formula is C21H25N3O4S. The minimum absolute atomic E-state index is 0.259. The van der Waals surface area contributed by atoms with Crippen molar-refractivity contribution in [2.75, 3.05) is 19.7 Å². The van der Waals surface area contributed by atoms with Crippen molar-refractivity contribution in [3.05, 3.63) is 57.3 Å². The van der Waals surface area contributed by atoms with E-state index in [4.69, 9.17) is 9.15 Å². The fourth-order valence-corrected chi connectivity index (χ4v) is 4.93. The van der Waals surface area contributed by atoms with E-state index in [0.29, 0.717) is 29.6 Å². The first-order valence-electron chi connectivity index (χ1n) is 9.88. The van der Waals surface area contributed by atoms with Gasteiger partial charge >= 0.3 is 12.0 Å². The van der Waals surface area contributed by atoms with Crippen LogP contribution in [0, 0.1) is 6.92 Å². The molecule has 29 heavy (non-hydrogen) atoms. The molecule has 8 heteroatoms. The number of rotatable bonds is 6. The zero-order valence-corrected chi connectivity index (χ0v) is 17.4. The average Bonchev–Trinajstić information content (AvgIpc) is 3.42. The lowest BCUT2D eigenvalue weighted by atomic mass is 9.99. The highest BCUT2D eigenvalue weighted by Crippen LogP contribution is 2.36. The Hall–Kier alpha value is -2.58. The van der Waals surface area contributed by atoms with Crippen molar-refractivity contribution in [3.8, 4) is 0 Å². The number of furan rings is 1. The van der Waals surface area contributed by atoms with E-state index in [-0.39, 0.29) is 12.6 Å². The van der Waals surface area contributed by atoms with Crippen LogP contribution in [0.2, 0.25) is 0 Å². The molecule has 2 atom stereocenters. The molecule has 0 unspecified atom stereocenters. The molecule has 2 amide bonds. The van der Waals surface area contributed by atoms with Crippen molar-refractivity contribution in [3.63, 3.8) is 0 Å². The van der Waals surface area contributed by atoms with Crippen molar-refractivity contribution < 1.29 is 18.7 Å². The van der Waals surface area contributed by atoms with Crippen molar-refractivity contribution in [2.45, 2.75) is 38.8 Å². The van der Waals surface area contributed by atoms with Gasteiger partial charge in [0.1, 0.15) is 17.6 Å². The van der Waals surface area contributed by atoms with Crippen molar-refractivity contribution >= 4 is 23.3 Å². The van der Waals surface area contributed by atoms with Gasteiger partial charge in [-0.2, -0.15) is 0 Å². The minimum Gasteiger partial charge on any atom is -0.464 e. The molecule has 2 aromatic heterocycles. The van der Waals surface area contributed by atoms with Gasteiger partial charge in [-0.15, -0.1) is 11.3 Å². The van der Waals surface area contributed by atoms with E-state index in [0.717, 1.165) is 25.1 Å². The Labute approximate surface area is 173 Å². The number of ether oxygens (including phenoxy) is 1. The van der Waals surface area contributed by atoms with Gasteiger partial charge in [-0.3, -0.25) is 4.90 Å². The zero-order chi connectivity index (χ0) is 20.4. The molecule has 0 radical (unpaired) electrons. The highest BCUT2D eigenvalue weighted by atomic mass is 32.1. The number of carbonyl (C=O) groups excluding carboxylic acids is 2. The summed E-state index contributed by atoms with van der Waals surface area (Å²) in [7, 11) is 0. The second-order valence-corrected chi connectivity index (χ2v) is 8.22. The van der Waals surface area contributed by atoms with Crippen LogP contribution >= 0.6 is 11.3 Å². The molecule has 4 rings (SSSR count). The van der Waals surface area contributed by atoms with Crippen LogP contribution in [0.3, 0.4) is 0 Å². The Morgan fingerprint density at radius 3 is 2.93 bits per heavy atom. The topological polar surface area (TPSA) is 83.8 Å². The van der Waals surface area contributed by atoms with Gasteiger partial charge < -0.3 is 19.8 Å². The van der Waals surface area contributed by atoms with Gasteiger partial charge in [0.2, 0.25) is 0 Å². The van der Waals surface area contributed by atoms with Crippen LogP contribution in [0.1, 0.15) is 48.2 Å². The van der Waals surface area contributed by atoms with Crippen LogP contribution in [-0.2, 0) is 9.53 Å². The average molecular weight is 416 g/mol. The number of hydrogen-bond acceptors (Lipinski definition) is 6. The number of urea groups is 1. The number of amides is 2. The highest BCUT2D eigenvalue weighted by molar-refractivity contribution is 7.10. The molecule has 0 saturated carbocycles. The number of nitrogens with zero attached hydrogens (tertiary/aromatic N) is 1. The van der Waals surface area contributed by atoms with E-state index in [1.54, 1.807) is 24.3 Å². The van der Waals surface area contributed by atoms with E-state index in [1.807, 2.05) is 13.0 Å². The minimum atomic E-state index is -0.672. The summed E-state index contributed by atoms with van der Waals surface area (Å²) in [6.07, 6.45) is 2.15. The number of nitrogens with one attached hydrogen (secondary N) is 2. The zero-order valence-electron chi connectivity index (χ0n) is 16.6. The van der Waals surface area contributed by atoms with Gasteiger partial charge in [0.15, 0.2) is 0 Å². The van der Waals surface area contributed by atoms with Gasteiger partial charge in [0.25, 0.3) is 0 Å². The number of aryl methyl sites for hydroxylation is 1. The molecule has 2 aliphatic heterocycles. The first kappa shape index (κ1) is 19.7. The van der Waals surface area contributed by atoms with Gasteiger partial charge in [-0.25, -0.2) is 9.59 Å². The maximum absolute atomic E-state index is 12.9. The smallest absolute Gasteiger partial charge is 0.338 e. The van der Waals surface area contributed by atoms with Crippen LogP contribution < -0.4 is 10.6 Å². The maximum atomic E-state index is 12.9. The summed E-state index contributed by atoms with van der Waals surface area (Å²) in [5.41, 5.74) is 0.979. The standard InChI is InChI=1S/C21H25N3O4S/c1-3-27-20(25)18-14(12-24-10-4-6-15(24)17-7-5-11-29-17)22-21(26)23-19(18)16-9-8-13(2)28-16/h5,7-9,11,15,19H,3-4,6,10,12H2,1-2H3,(H2,22,23,26)/t15-,19-/m0/s1. The molecule has 2 N–H and O–H groups in total. The summed E-state index contributed by atoms with van der Waals surface area (Å²) >= 11 is 1.74. The molecule has 0 spiro atoms.